The van der Waals surface area contributed by atoms with E-state index in [2.05, 4.69) is 15.3 Å². The van der Waals surface area contributed by atoms with Gasteiger partial charge >= 0.3 is 0 Å². The number of hydrogen-bond donors (Lipinski definition) is 0. The van der Waals surface area contributed by atoms with Gasteiger partial charge in [0.25, 0.3) is 11.8 Å². The largest absolute Gasteiger partial charge is 0.375 e. The summed E-state index contributed by atoms with van der Waals surface area (Å²) < 4.78 is 15.5. The molecular formula is C17H24N4O4. The molecule has 1 fully saturated rings. The van der Waals surface area contributed by atoms with Crippen molar-refractivity contribution < 1.29 is 18.6 Å². The Morgan fingerprint density at radius 2 is 2.16 bits per heavy atom. The molecule has 0 bridgehead atoms. The summed E-state index contributed by atoms with van der Waals surface area (Å²) in [7, 11) is 1.57. The molecule has 0 spiro atoms. The third-order valence-electron chi connectivity index (χ3n) is 4.39. The number of carbonyl (C=O) groups is 1. The molecular weight excluding hydrogens is 324 g/mol. The summed E-state index contributed by atoms with van der Waals surface area (Å²) >= 11 is 0. The van der Waals surface area contributed by atoms with Gasteiger partial charge in [-0.25, -0.2) is 0 Å². The van der Waals surface area contributed by atoms with Crippen molar-refractivity contribution in [3.05, 3.63) is 29.2 Å². The quantitative estimate of drug-likeness (QED) is 0.819. The molecule has 0 aliphatic carbocycles. The number of likely N-dealkylation sites (tertiary alicyclic amines) is 1. The molecule has 25 heavy (non-hydrogen) atoms. The minimum atomic E-state index is -0.225. The lowest BCUT2D eigenvalue weighted by Gasteiger charge is -2.26. The summed E-state index contributed by atoms with van der Waals surface area (Å²) in [5.74, 6) is 1.22. The number of amides is 1. The van der Waals surface area contributed by atoms with Crippen molar-refractivity contribution in [2.24, 2.45) is 0 Å². The fourth-order valence-corrected chi connectivity index (χ4v) is 3.01. The fraction of sp³-hybridized carbons (Fsp3) is 0.647. The molecule has 1 aliphatic heterocycles. The van der Waals surface area contributed by atoms with Gasteiger partial charge in [0.2, 0.25) is 5.76 Å². The highest BCUT2D eigenvalue weighted by Crippen LogP contribution is 2.30. The van der Waals surface area contributed by atoms with Crippen LogP contribution in [0.2, 0.25) is 0 Å². The van der Waals surface area contributed by atoms with E-state index in [0.717, 1.165) is 31.4 Å². The normalized spacial score (nSPS) is 18.6. The topological polar surface area (TPSA) is 94.5 Å². The number of carbonyl (C=O) groups excluding carboxylic acids is 1. The minimum absolute atomic E-state index is 0.176. The maximum atomic E-state index is 13.0. The number of rotatable bonds is 5. The molecule has 0 saturated carbocycles. The van der Waals surface area contributed by atoms with Crippen molar-refractivity contribution in [1.29, 1.82) is 0 Å². The highest BCUT2D eigenvalue weighted by Gasteiger charge is 2.33. The number of aromatic nitrogens is 3. The zero-order valence-electron chi connectivity index (χ0n) is 14.9. The first-order chi connectivity index (χ1) is 12.1. The summed E-state index contributed by atoms with van der Waals surface area (Å²) in [5, 5.41) is 8.05. The molecule has 1 atom stereocenters. The van der Waals surface area contributed by atoms with E-state index in [1.54, 1.807) is 18.1 Å². The van der Waals surface area contributed by atoms with E-state index in [1.807, 2.05) is 13.8 Å². The Morgan fingerprint density at radius 1 is 1.32 bits per heavy atom. The first kappa shape index (κ1) is 17.6. The average molecular weight is 348 g/mol. The van der Waals surface area contributed by atoms with Gasteiger partial charge in [-0.1, -0.05) is 37.0 Å². The van der Waals surface area contributed by atoms with Crippen LogP contribution in [0.3, 0.4) is 0 Å². The third-order valence-corrected chi connectivity index (χ3v) is 4.39. The minimum Gasteiger partial charge on any atom is -0.375 e. The summed E-state index contributed by atoms with van der Waals surface area (Å²) in [5.41, 5.74) is 0.775. The summed E-state index contributed by atoms with van der Waals surface area (Å²) in [6.07, 6.45) is 3.81. The predicted octanol–water partition coefficient (Wildman–Crippen LogP) is 3.08. The van der Waals surface area contributed by atoms with Crippen LogP contribution in [0.15, 0.2) is 15.1 Å². The summed E-state index contributed by atoms with van der Waals surface area (Å²) in [6, 6.07) is 1.50. The second-order valence-corrected chi connectivity index (χ2v) is 6.61. The molecule has 8 nitrogen and oxygen atoms in total. The van der Waals surface area contributed by atoms with Crippen molar-refractivity contribution in [3.63, 3.8) is 0 Å². The van der Waals surface area contributed by atoms with Gasteiger partial charge in [-0.2, -0.15) is 4.98 Å². The number of ether oxygens (including phenoxy) is 1. The van der Waals surface area contributed by atoms with Crippen LogP contribution >= 0.6 is 0 Å². The van der Waals surface area contributed by atoms with Crippen LogP contribution in [-0.2, 0) is 11.3 Å². The standard InChI is InChI=1S/C17H24N4O4/c1-11(2)12-9-14(24-19-12)17(22)21-8-6-4-5-7-13(21)16-18-15(10-23-3)25-20-16/h9,11,13H,4-8,10H2,1-3H3/t13-/m1/s1. The second-order valence-electron chi connectivity index (χ2n) is 6.61. The van der Waals surface area contributed by atoms with Crippen LogP contribution < -0.4 is 0 Å². The Labute approximate surface area is 146 Å². The maximum absolute atomic E-state index is 13.0. The zero-order valence-corrected chi connectivity index (χ0v) is 14.9. The Balaban J connectivity index is 1.84. The number of methoxy groups -OCH3 is 1. The molecule has 2 aromatic rings. The van der Waals surface area contributed by atoms with Gasteiger partial charge in [-0.05, 0) is 18.8 Å². The van der Waals surface area contributed by atoms with Crippen LogP contribution in [0.4, 0.5) is 0 Å². The van der Waals surface area contributed by atoms with Crippen LogP contribution in [0.25, 0.3) is 0 Å². The second kappa shape index (κ2) is 7.77. The van der Waals surface area contributed by atoms with E-state index >= 15 is 0 Å². The lowest BCUT2D eigenvalue weighted by atomic mass is 10.1. The molecule has 2 aromatic heterocycles. The third kappa shape index (κ3) is 3.89. The van der Waals surface area contributed by atoms with Crippen LogP contribution in [-0.4, -0.2) is 39.8 Å². The Hall–Kier alpha value is -2.22. The van der Waals surface area contributed by atoms with Gasteiger partial charge in [0.05, 0.1) is 11.7 Å². The molecule has 1 aliphatic rings. The summed E-state index contributed by atoms with van der Waals surface area (Å²) in [4.78, 5) is 19.1. The van der Waals surface area contributed by atoms with E-state index in [1.165, 1.54) is 0 Å². The molecule has 0 radical (unpaired) electrons. The molecule has 1 saturated heterocycles. The van der Waals surface area contributed by atoms with Crippen LogP contribution in [0, 0.1) is 0 Å². The Morgan fingerprint density at radius 3 is 2.88 bits per heavy atom. The molecule has 1 amide bonds. The van der Waals surface area contributed by atoms with Gasteiger partial charge in [0.15, 0.2) is 5.82 Å². The molecule has 136 valence electrons. The van der Waals surface area contributed by atoms with Crippen molar-refractivity contribution in [3.8, 4) is 0 Å². The highest BCUT2D eigenvalue weighted by atomic mass is 16.5. The van der Waals surface area contributed by atoms with E-state index in [9.17, 15) is 4.79 Å². The van der Waals surface area contributed by atoms with Gasteiger partial charge in [-0.15, -0.1) is 0 Å². The van der Waals surface area contributed by atoms with E-state index in [0.29, 0.717) is 18.3 Å². The smallest absolute Gasteiger partial charge is 0.293 e. The Kier molecular flexibility index (Phi) is 5.47. The molecule has 8 heteroatoms. The first-order valence-electron chi connectivity index (χ1n) is 8.69. The van der Waals surface area contributed by atoms with Crippen LogP contribution in [0.1, 0.15) is 79.5 Å². The van der Waals surface area contributed by atoms with Gasteiger partial charge in [0, 0.05) is 19.7 Å². The fourth-order valence-electron chi connectivity index (χ4n) is 3.01. The monoisotopic (exact) mass is 348 g/mol. The zero-order chi connectivity index (χ0) is 17.8. The number of nitrogens with zero attached hydrogens (tertiary/aromatic N) is 4. The van der Waals surface area contributed by atoms with E-state index in [4.69, 9.17) is 13.8 Å². The first-order valence-corrected chi connectivity index (χ1v) is 8.69. The lowest BCUT2D eigenvalue weighted by Crippen LogP contribution is -2.35. The molecule has 0 N–H and O–H groups in total. The van der Waals surface area contributed by atoms with Gasteiger partial charge in [0.1, 0.15) is 6.61 Å². The SMILES string of the molecule is COCc1nc([C@H]2CCCCCN2C(=O)c2cc(C(C)C)no2)no1. The maximum Gasteiger partial charge on any atom is 0.293 e. The molecule has 0 unspecified atom stereocenters. The Bertz CT molecular complexity index is 709. The molecule has 0 aromatic carbocycles. The predicted molar refractivity (Wildman–Crippen MR) is 87.8 cm³/mol. The van der Waals surface area contributed by atoms with Gasteiger partial charge in [-0.3, -0.25) is 4.79 Å². The van der Waals surface area contributed by atoms with Gasteiger partial charge < -0.3 is 18.7 Å². The average Bonchev–Trinajstić information content (AvgIpc) is 3.19. The van der Waals surface area contributed by atoms with Crippen molar-refractivity contribution in [1.82, 2.24) is 20.2 Å². The number of hydrogen-bond acceptors (Lipinski definition) is 7. The van der Waals surface area contributed by atoms with Crippen molar-refractivity contribution in [2.75, 3.05) is 13.7 Å². The van der Waals surface area contributed by atoms with Crippen LogP contribution in [0.5, 0.6) is 0 Å². The highest BCUT2D eigenvalue weighted by molar-refractivity contribution is 5.91. The van der Waals surface area contributed by atoms with Crippen molar-refractivity contribution in [2.45, 2.75) is 58.1 Å². The summed E-state index contributed by atoms with van der Waals surface area (Å²) in [6.45, 7) is 4.91. The van der Waals surface area contributed by atoms with E-state index < -0.39 is 0 Å². The lowest BCUT2D eigenvalue weighted by molar-refractivity contribution is 0.0627. The van der Waals surface area contributed by atoms with Crippen molar-refractivity contribution >= 4 is 5.91 Å². The van der Waals surface area contributed by atoms with E-state index in [-0.39, 0.29) is 30.2 Å². The molecule has 3 rings (SSSR count). The molecule has 3 heterocycles.